The van der Waals surface area contributed by atoms with Gasteiger partial charge < -0.3 is 15.2 Å². The Labute approximate surface area is 169 Å². The van der Waals surface area contributed by atoms with Crippen molar-refractivity contribution < 1.29 is 14.1 Å². The van der Waals surface area contributed by atoms with Gasteiger partial charge in [0.1, 0.15) is 6.04 Å². The molecule has 0 aliphatic heterocycles. The number of hydrogen-bond donors (Lipinski definition) is 2. The number of amides is 2. The van der Waals surface area contributed by atoms with Gasteiger partial charge in [0, 0.05) is 24.1 Å². The Morgan fingerprint density at radius 2 is 1.90 bits per heavy atom. The number of carbonyl (C=O) groups is 2. The molecule has 2 aromatic carbocycles. The third-order valence-electron chi connectivity index (χ3n) is 4.87. The van der Waals surface area contributed by atoms with E-state index in [1.165, 1.54) is 0 Å². The number of nitrogens with zero attached hydrogens (tertiary/aromatic N) is 1. The summed E-state index contributed by atoms with van der Waals surface area (Å²) in [5.74, 6) is -0.0903. The predicted molar refractivity (Wildman–Crippen MR) is 109 cm³/mol. The molecule has 1 atom stereocenters. The van der Waals surface area contributed by atoms with Crippen molar-refractivity contribution in [2.24, 2.45) is 0 Å². The maximum atomic E-state index is 12.7. The van der Waals surface area contributed by atoms with E-state index in [0.717, 1.165) is 29.5 Å². The number of hydrogen-bond acceptors (Lipinski definition) is 4. The van der Waals surface area contributed by atoms with Gasteiger partial charge in [0.2, 0.25) is 5.91 Å². The highest BCUT2D eigenvalue weighted by Crippen LogP contribution is 2.22. The number of carbonyl (C=O) groups excluding carboxylic acids is 2. The van der Waals surface area contributed by atoms with Crippen LogP contribution < -0.4 is 10.6 Å². The zero-order chi connectivity index (χ0) is 20.2. The molecule has 148 valence electrons. The average Bonchev–Trinajstić information content (AvgIpc) is 3.39. The summed E-state index contributed by atoms with van der Waals surface area (Å²) in [6.07, 6.45) is 2.38. The van der Waals surface area contributed by atoms with E-state index in [1.807, 2.05) is 61.5 Å². The molecule has 6 heteroatoms. The summed E-state index contributed by atoms with van der Waals surface area (Å²) < 4.78 is 5.35. The van der Waals surface area contributed by atoms with Gasteiger partial charge in [0.25, 0.3) is 5.91 Å². The van der Waals surface area contributed by atoms with Crippen molar-refractivity contribution in [1.82, 2.24) is 15.8 Å². The van der Waals surface area contributed by atoms with Crippen molar-refractivity contribution >= 4 is 11.8 Å². The summed E-state index contributed by atoms with van der Waals surface area (Å²) in [5, 5.41) is 9.68. The van der Waals surface area contributed by atoms with E-state index < -0.39 is 11.9 Å². The summed E-state index contributed by atoms with van der Waals surface area (Å²) in [4.78, 5) is 25.4. The highest BCUT2D eigenvalue weighted by atomic mass is 16.5. The molecule has 1 aliphatic carbocycles. The molecule has 0 saturated heterocycles. The quantitative estimate of drug-likeness (QED) is 0.650. The van der Waals surface area contributed by atoms with Gasteiger partial charge in [-0.1, -0.05) is 59.3 Å². The highest BCUT2D eigenvalue weighted by Gasteiger charge is 2.29. The lowest BCUT2D eigenvalue weighted by Gasteiger charge is -2.18. The van der Waals surface area contributed by atoms with Crippen molar-refractivity contribution in [3.8, 4) is 11.3 Å². The maximum absolute atomic E-state index is 12.7. The van der Waals surface area contributed by atoms with Crippen LogP contribution in [0.5, 0.6) is 0 Å². The highest BCUT2D eigenvalue weighted by molar-refractivity contribution is 5.96. The van der Waals surface area contributed by atoms with Gasteiger partial charge in [-0.2, -0.15) is 0 Å². The van der Waals surface area contributed by atoms with Gasteiger partial charge in [0.15, 0.2) is 11.5 Å². The summed E-state index contributed by atoms with van der Waals surface area (Å²) in [6.45, 7) is 1.99. The molecule has 1 aliphatic rings. The van der Waals surface area contributed by atoms with Crippen molar-refractivity contribution in [2.45, 2.75) is 38.3 Å². The van der Waals surface area contributed by atoms with Crippen LogP contribution in [0.4, 0.5) is 0 Å². The zero-order valence-electron chi connectivity index (χ0n) is 16.2. The first kappa shape index (κ1) is 18.9. The second-order valence-corrected chi connectivity index (χ2v) is 7.44. The van der Waals surface area contributed by atoms with Crippen LogP contribution in [0.3, 0.4) is 0 Å². The molecule has 3 aromatic rings. The van der Waals surface area contributed by atoms with Crippen LogP contribution in [0.1, 0.15) is 34.5 Å². The minimum absolute atomic E-state index is 0.152. The second kappa shape index (κ2) is 8.31. The predicted octanol–water partition coefficient (Wildman–Crippen LogP) is 3.27. The Balaban J connectivity index is 1.49. The van der Waals surface area contributed by atoms with Crippen LogP contribution >= 0.6 is 0 Å². The van der Waals surface area contributed by atoms with E-state index in [2.05, 4.69) is 15.8 Å². The van der Waals surface area contributed by atoms with Crippen LogP contribution in [0.25, 0.3) is 11.3 Å². The summed E-state index contributed by atoms with van der Waals surface area (Å²) in [7, 11) is 0. The minimum Gasteiger partial charge on any atom is -0.355 e. The molecule has 1 aromatic heterocycles. The summed E-state index contributed by atoms with van der Waals surface area (Å²) in [6, 6.07) is 18.5. The van der Waals surface area contributed by atoms with Gasteiger partial charge in [-0.05, 0) is 31.4 Å². The van der Waals surface area contributed by atoms with Crippen molar-refractivity contribution in [3.63, 3.8) is 0 Å². The fourth-order valence-electron chi connectivity index (χ4n) is 3.14. The van der Waals surface area contributed by atoms with Crippen molar-refractivity contribution in [1.29, 1.82) is 0 Å². The molecular formula is C23H23N3O3. The molecule has 0 spiro atoms. The van der Waals surface area contributed by atoms with E-state index in [9.17, 15) is 9.59 Å². The number of rotatable bonds is 7. The topological polar surface area (TPSA) is 84.2 Å². The molecule has 1 heterocycles. The lowest BCUT2D eigenvalue weighted by molar-refractivity contribution is -0.123. The normalized spacial score (nSPS) is 14.2. The Kier molecular flexibility index (Phi) is 5.42. The molecule has 1 saturated carbocycles. The van der Waals surface area contributed by atoms with Crippen LogP contribution in [0, 0.1) is 6.92 Å². The Bertz CT molecular complexity index is 1010. The van der Waals surface area contributed by atoms with E-state index >= 15 is 0 Å². The number of nitrogens with one attached hydrogen (secondary N) is 2. The third kappa shape index (κ3) is 4.90. The lowest BCUT2D eigenvalue weighted by atomic mass is 10.0. The fraction of sp³-hybridized carbons (Fsp3) is 0.261. The van der Waals surface area contributed by atoms with E-state index in [4.69, 9.17) is 4.52 Å². The van der Waals surface area contributed by atoms with E-state index in [1.54, 1.807) is 6.07 Å². The number of benzene rings is 2. The van der Waals surface area contributed by atoms with Crippen LogP contribution in [-0.4, -0.2) is 29.1 Å². The lowest BCUT2D eigenvalue weighted by Crippen LogP contribution is -2.48. The molecule has 1 fully saturated rings. The summed E-state index contributed by atoms with van der Waals surface area (Å²) >= 11 is 0. The molecule has 2 amide bonds. The molecule has 0 unspecified atom stereocenters. The van der Waals surface area contributed by atoms with E-state index in [0.29, 0.717) is 12.2 Å². The van der Waals surface area contributed by atoms with Gasteiger partial charge in [0.05, 0.1) is 0 Å². The maximum Gasteiger partial charge on any atom is 0.274 e. The number of aromatic nitrogens is 1. The first-order chi connectivity index (χ1) is 14.1. The van der Waals surface area contributed by atoms with Crippen molar-refractivity contribution in [3.05, 3.63) is 77.5 Å². The minimum atomic E-state index is -0.676. The smallest absolute Gasteiger partial charge is 0.274 e. The van der Waals surface area contributed by atoms with Crippen LogP contribution in [-0.2, 0) is 11.2 Å². The van der Waals surface area contributed by atoms with Gasteiger partial charge in [-0.3, -0.25) is 9.59 Å². The van der Waals surface area contributed by atoms with E-state index in [-0.39, 0.29) is 17.6 Å². The van der Waals surface area contributed by atoms with Crippen LogP contribution in [0.2, 0.25) is 0 Å². The van der Waals surface area contributed by atoms with Crippen LogP contribution in [0.15, 0.2) is 65.2 Å². The first-order valence-corrected chi connectivity index (χ1v) is 9.77. The molecular weight excluding hydrogens is 366 g/mol. The van der Waals surface area contributed by atoms with Gasteiger partial charge in [-0.15, -0.1) is 0 Å². The molecule has 0 bridgehead atoms. The Hall–Kier alpha value is -3.41. The molecule has 2 N–H and O–H groups in total. The zero-order valence-corrected chi connectivity index (χ0v) is 16.2. The fourth-order valence-corrected chi connectivity index (χ4v) is 3.14. The second-order valence-electron chi connectivity index (χ2n) is 7.44. The average molecular weight is 389 g/mol. The molecule has 4 rings (SSSR count). The summed E-state index contributed by atoms with van der Waals surface area (Å²) in [5.41, 5.74) is 3.07. The van der Waals surface area contributed by atoms with Gasteiger partial charge >= 0.3 is 0 Å². The first-order valence-electron chi connectivity index (χ1n) is 9.77. The van der Waals surface area contributed by atoms with Gasteiger partial charge in [-0.25, -0.2) is 0 Å². The SMILES string of the molecule is Cc1cccc(-c2cc(C(=O)N[C@H](Cc3ccccc3)C(=O)NC3CC3)no2)c1. The Morgan fingerprint density at radius 3 is 2.62 bits per heavy atom. The number of aryl methyl sites for hydroxylation is 1. The molecule has 6 nitrogen and oxygen atoms in total. The largest absolute Gasteiger partial charge is 0.355 e. The molecule has 29 heavy (non-hydrogen) atoms. The molecule has 0 radical (unpaired) electrons. The standard InChI is InChI=1S/C23H23N3O3/c1-15-6-5-9-17(12-15)21-14-20(26-29-21)23(28)25-19(22(27)24-18-10-11-18)13-16-7-3-2-4-8-16/h2-9,12,14,18-19H,10-11,13H2,1H3,(H,24,27)(H,25,28)/t19-/m1/s1. The monoisotopic (exact) mass is 389 g/mol. The Morgan fingerprint density at radius 1 is 1.10 bits per heavy atom. The van der Waals surface area contributed by atoms with Crippen molar-refractivity contribution in [2.75, 3.05) is 0 Å². The third-order valence-corrected chi connectivity index (χ3v) is 4.87.